The SMILES string of the molecule is CC1(C)[C@H](NC(=O)c2cnc(N3CC(CCOc4ccc5c(c4)C(=O)N(C4CCC(=O)NC4=O)C5=O)C3)nc2)C(C)(C)[C@H]1Oc1ccc(C#N)c(Cl)c1. The molecule has 0 spiro atoms. The second-order valence-corrected chi connectivity index (χ2v) is 15.5. The number of piperidine rings is 1. The van der Waals surface area contributed by atoms with Gasteiger partial charge in [0.15, 0.2) is 0 Å². The summed E-state index contributed by atoms with van der Waals surface area (Å²) in [7, 11) is 0. The molecule has 3 fully saturated rings. The molecule has 2 saturated heterocycles. The van der Waals surface area contributed by atoms with Crippen molar-refractivity contribution in [2.45, 2.75) is 65.1 Å². The number of carbonyl (C=O) groups excluding carboxylic acids is 5. The Morgan fingerprint density at radius 3 is 2.34 bits per heavy atom. The summed E-state index contributed by atoms with van der Waals surface area (Å²) in [4.78, 5) is 75.0. The second-order valence-electron chi connectivity index (χ2n) is 15.1. The molecule has 1 saturated carbocycles. The third kappa shape index (κ3) is 6.43. The van der Waals surface area contributed by atoms with Crippen molar-refractivity contribution in [2.75, 3.05) is 24.6 Å². The molecule has 3 aliphatic heterocycles. The molecular weight excluding hydrogens is 702 g/mol. The Kier molecular flexibility index (Phi) is 9.10. The molecule has 53 heavy (non-hydrogen) atoms. The maximum atomic E-state index is 13.3. The Morgan fingerprint density at radius 1 is 1.00 bits per heavy atom. The summed E-state index contributed by atoms with van der Waals surface area (Å²) in [5.74, 6) is -0.641. The van der Waals surface area contributed by atoms with Gasteiger partial charge in [0.05, 0.1) is 33.9 Å². The maximum absolute atomic E-state index is 13.3. The van der Waals surface area contributed by atoms with Gasteiger partial charge in [-0.25, -0.2) is 9.97 Å². The zero-order valence-corrected chi connectivity index (χ0v) is 30.4. The van der Waals surface area contributed by atoms with Gasteiger partial charge in [0, 0.05) is 54.8 Å². The summed E-state index contributed by atoms with van der Waals surface area (Å²) in [6, 6.07) is 10.5. The van der Waals surface area contributed by atoms with E-state index in [1.165, 1.54) is 24.5 Å². The number of aromatic nitrogens is 2. The van der Waals surface area contributed by atoms with Crippen molar-refractivity contribution in [3.05, 3.63) is 76.1 Å². The number of halogens is 1. The standard InChI is InChI=1S/C38H38ClN7O7/c1-37(2)34(38(3,4)35(37)53-24-6-5-21(15-40)27(39)14-24)44-30(48)22-16-41-36(42-17-22)45-18-20(19-45)11-12-52-23-7-8-25-26(13-23)33(51)46(32(25)50)28-9-10-29(47)43-31(28)49/h5-8,13-14,16-17,20,28,34-35H,9-12,18-19H2,1-4H3,(H,44,48)(H,43,47,49)/t28?,34-,35-. The molecule has 1 unspecified atom stereocenters. The lowest BCUT2D eigenvalue weighted by atomic mass is 9.49. The third-order valence-electron chi connectivity index (χ3n) is 10.8. The zero-order valence-electron chi connectivity index (χ0n) is 29.6. The normalized spacial score (nSPS) is 23.0. The predicted octanol–water partition coefficient (Wildman–Crippen LogP) is 3.92. The third-order valence-corrected chi connectivity index (χ3v) is 11.1. The van der Waals surface area contributed by atoms with Crippen LogP contribution in [0.25, 0.3) is 0 Å². The van der Waals surface area contributed by atoms with Crippen LogP contribution in [0.1, 0.15) is 83.6 Å². The van der Waals surface area contributed by atoms with E-state index in [0.29, 0.717) is 59.2 Å². The number of nitrogens with zero attached hydrogens (tertiary/aromatic N) is 5. The fraction of sp³-hybridized carbons (Fsp3) is 0.421. The number of hydrogen-bond acceptors (Lipinski definition) is 11. The number of rotatable bonds is 10. The molecule has 1 atom stereocenters. The van der Waals surface area contributed by atoms with Crippen molar-refractivity contribution in [2.24, 2.45) is 16.7 Å². The van der Waals surface area contributed by atoms with E-state index in [2.05, 4.69) is 20.6 Å². The van der Waals surface area contributed by atoms with E-state index < -0.39 is 40.5 Å². The van der Waals surface area contributed by atoms with Crippen LogP contribution in [0.4, 0.5) is 5.95 Å². The smallest absolute Gasteiger partial charge is 0.262 e. The van der Waals surface area contributed by atoms with Gasteiger partial charge in [0.25, 0.3) is 17.7 Å². The lowest BCUT2D eigenvalue weighted by molar-refractivity contribution is -0.164. The average molecular weight is 740 g/mol. The molecule has 2 N–H and O–H groups in total. The van der Waals surface area contributed by atoms with Crippen molar-refractivity contribution < 1.29 is 33.4 Å². The van der Waals surface area contributed by atoms with Crippen molar-refractivity contribution >= 4 is 47.1 Å². The van der Waals surface area contributed by atoms with E-state index in [1.807, 2.05) is 38.7 Å². The molecule has 15 heteroatoms. The molecular formula is C38H38ClN7O7. The monoisotopic (exact) mass is 739 g/mol. The highest BCUT2D eigenvalue weighted by Gasteiger charge is 2.64. The molecule has 7 rings (SSSR count). The number of benzene rings is 2. The molecule has 14 nitrogen and oxygen atoms in total. The van der Waals surface area contributed by atoms with Gasteiger partial charge >= 0.3 is 0 Å². The number of imide groups is 2. The molecule has 0 radical (unpaired) electrons. The summed E-state index contributed by atoms with van der Waals surface area (Å²) in [6.07, 6.45) is 3.72. The predicted molar refractivity (Wildman–Crippen MR) is 190 cm³/mol. The molecule has 3 aromatic rings. The molecule has 2 aromatic carbocycles. The average Bonchev–Trinajstić information content (AvgIpc) is 3.35. The van der Waals surface area contributed by atoms with Crippen LogP contribution in [0.2, 0.25) is 5.02 Å². The van der Waals surface area contributed by atoms with Gasteiger partial charge in [-0.05, 0) is 49.1 Å². The first-order valence-electron chi connectivity index (χ1n) is 17.4. The Hall–Kier alpha value is -5.55. The largest absolute Gasteiger partial charge is 0.494 e. The quantitative estimate of drug-likeness (QED) is 0.288. The number of hydrogen-bond donors (Lipinski definition) is 2. The van der Waals surface area contributed by atoms with Gasteiger partial charge in [-0.1, -0.05) is 39.3 Å². The lowest BCUT2D eigenvalue weighted by Crippen LogP contribution is -2.74. The Labute approximate surface area is 310 Å². The van der Waals surface area contributed by atoms with Crippen LogP contribution < -0.4 is 25.0 Å². The van der Waals surface area contributed by atoms with Crippen molar-refractivity contribution in [1.82, 2.24) is 25.5 Å². The van der Waals surface area contributed by atoms with Gasteiger partial charge in [-0.15, -0.1) is 0 Å². The molecule has 5 amide bonds. The van der Waals surface area contributed by atoms with Gasteiger partial charge in [0.1, 0.15) is 29.7 Å². The van der Waals surface area contributed by atoms with Crippen molar-refractivity contribution in [3.63, 3.8) is 0 Å². The first-order chi connectivity index (χ1) is 25.2. The van der Waals surface area contributed by atoms with Gasteiger partial charge in [-0.3, -0.25) is 34.2 Å². The van der Waals surface area contributed by atoms with Crippen molar-refractivity contribution in [1.29, 1.82) is 5.26 Å². The molecule has 4 heterocycles. The van der Waals surface area contributed by atoms with E-state index in [4.69, 9.17) is 21.1 Å². The first kappa shape index (κ1) is 35.8. The molecule has 4 aliphatic rings. The highest BCUT2D eigenvalue weighted by atomic mass is 35.5. The topological polar surface area (TPSA) is 184 Å². The minimum absolute atomic E-state index is 0.0568. The Bertz CT molecular complexity index is 2060. The Morgan fingerprint density at radius 2 is 1.68 bits per heavy atom. The summed E-state index contributed by atoms with van der Waals surface area (Å²) < 4.78 is 12.2. The van der Waals surface area contributed by atoms with E-state index in [9.17, 15) is 29.2 Å². The number of fused-ring (bicyclic) bond motifs is 1. The van der Waals surface area contributed by atoms with E-state index >= 15 is 0 Å². The minimum Gasteiger partial charge on any atom is -0.494 e. The first-order valence-corrected chi connectivity index (χ1v) is 17.8. The van der Waals surface area contributed by atoms with Crippen LogP contribution >= 0.6 is 11.6 Å². The number of nitriles is 1. The Balaban J connectivity index is 0.872. The molecule has 274 valence electrons. The van der Waals surface area contributed by atoms with Crippen LogP contribution in [-0.4, -0.2) is 82.3 Å². The van der Waals surface area contributed by atoms with Crippen LogP contribution in [0.15, 0.2) is 48.8 Å². The van der Waals surface area contributed by atoms with E-state index in [1.54, 1.807) is 24.3 Å². The van der Waals surface area contributed by atoms with Gasteiger partial charge in [-0.2, -0.15) is 5.26 Å². The van der Waals surface area contributed by atoms with Crippen molar-refractivity contribution in [3.8, 4) is 17.6 Å². The molecule has 1 aliphatic carbocycles. The molecule has 0 bridgehead atoms. The van der Waals surface area contributed by atoms with E-state index in [-0.39, 0.29) is 42.0 Å². The fourth-order valence-corrected chi connectivity index (χ4v) is 8.42. The molecule has 1 aromatic heterocycles. The van der Waals surface area contributed by atoms with Gasteiger partial charge in [0.2, 0.25) is 17.8 Å². The van der Waals surface area contributed by atoms with Crippen LogP contribution in [-0.2, 0) is 9.59 Å². The fourth-order valence-electron chi connectivity index (χ4n) is 8.21. The highest BCUT2D eigenvalue weighted by molar-refractivity contribution is 6.31. The number of nitrogens with one attached hydrogen (secondary N) is 2. The summed E-state index contributed by atoms with van der Waals surface area (Å²) in [6.45, 7) is 9.97. The van der Waals surface area contributed by atoms with E-state index in [0.717, 1.165) is 11.3 Å². The lowest BCUT2D eigenvalue weighted by Gasteiger charge is -2.63. The number of ether oxygens (including phenoxy) is 2. The highest BCUT2D eigenvalue weighted by Crippen LogP contribution is 2.55. The summed E-state index contributed by atoms with van der Waals surface area (Å²) in [5, 5.41) is 14.8. The summed E-state index contributed by atoms with van der Waals surface area (Å²) >= 11 is 6.21. The van der Waals surface area contributed by atoms with Gasteiger partial charge < -0.3 is 19.7 Å². The van der Waals surface area contributed by atoms with Crippen LogP contribution in [0, 0.1) is 28.1 Å². The number of amides is 5. The summed E-state index contributed by atoms with van der Waals surface area (Å²) in [5.41, 5.74) is 0.278. The number of carbonyl (C=O) groups is 5. The second kappa shape index (κ2) is 13.5. The van der Waals surface area contributed by atoms with Crippen LogP contribution in [0.3, 0.4) is 0 Å². The minimum atomic E-state index is -1.02. The maximum Gasteiger partial charge on any atom is 0.262 e. The zero-order chi connectivity index (χ0) is 37.8. The van der Waals surface area contributed by atoms with Crippen LogP contribution in [0.5, 0.6) is 11.5 Å². The number of anilines is 1.